The maximum absolute atomic E-state index is 5.84. The summed E-state index contributed by atoms with van der Waals surface area (Å²) >= 11 is 5.84. The van der Waals surface area contributed by atoms with Gasteiger partial charge in [-0.05, 0) is 61.0 Å². The molecule has 1 saturated heterocycles. The lowest BCUT2D eigenvalue weighted by Gasteiger charge is -2.28. The van der Waals surface area contributed by atoms with Crippen LogP contribution in [0.15, 0.2) is 61.1 Å². The van der Waals surface area contributed by atoms with E-state index in [0.29, 0.717) is 11.2 Å². The van der Waals surface area contributed by atoms with Gasteiger partial charge >= 0.3 is 0 Å². The molecule has 164 valence electrons. The van der Waals surface area contributed by atoms with Crippen LogP contribution in [0.4, 0.5) is 5.69 Å². The van der Waals surface area contributed by atoms with E-state index in [0.717, 1.165) is 22.9 Å². The van der Waals surface area contributed by atoms with Crippen molar-refractivity contribution in [2.45, 2.75) is 50.2 Å². The molecule has 1 N–H and O–H groups in total. The first kappa shape index (κ1) is 19.6. The Balaban J connectivity index is 1.41. The van der Waals surface area contributed by atoms with Crippen molar-refractivity contribution in [2.24, 2.45) is 0 Å². The minimum atomic E-state index is -0.0451. The number of thiocarbonyl (C=S) groups is 1. The first-order chi connectivity index (χ1) is 15.8. The molecule has 1 aromatic carbocycles. The zero-order valence-electron chi connectivity index (χ0n) is 17.8. The van der Waals surface area contributed by atoms with Gasteiger partial charge in [0.25, 0.3) is 0 Å². The van der Waals surface area contributed by atoms with Crippen molar-refractivity contribution in [1.82, 2.24) is 14.9 Å². The van der Waals surface area contributed by atoms with E-state index in [4.69, 9.17) is 21.7 Å². The number of anilines is 1. The third-order valence-electron chi connectivity index (χ3n) is 6.81. The van der Waals surface area contributed by atoms with E-state index in [9.17, 15) is 0 Å². The highest BCUT2D eigenvalue weighted by Gasteiger charge is 2.41. The Morgan fingerprint density at radius 3 is 2.72 bits per heavy atom. The summed E-state index contributed by atoms with van der Waals surface area (Å²) in [5.74, 6) is 1.53. The predicted molar refractivity (Wildman–Crippen MR) is 127 cm³/mol. The van der Waals surface area contributed by atoms with E-state index in [2.05, 4.69) is 44.3 Å². The molecule has 2 fully saturated rings. The zero-order chi connectivity index (χ0) is 21.5. The molecule has 3 aliphatic rings. The van der Waals surface area contributed by atoms with E-state index in [1.807, 2.05) is 36.5 Å². The molecule has 0 amide bonds. The Bertz CT molecular complexity index is 1130. The number of aromatic nitrogens is 2. The topological polar surface area (TPSA) is 51.6 Å². The molecule has 0 spiro atoms. The highest BCUT2D eigenvalue weighted by Crippen LogP contribution is 2.44. The number of pyridine rings is 1. The van der Waals surface area contributed by atoms with Crippen LogP contribution in [0, 0.1) is 0 Å². The van der Waals surface area contributed by atoms with Crippen LogP contribution in [0.25, 0.3) is 0 Å². The van der Waals surface area contributed by atoms with Crippen LogP contribution < -0.4 is 19.7 Å². The number of fused-ring (bicyclic) bond motifs is 1. The van der Waals surface area contributed by atoms with Gasteiger partial charge in [-0.15, -0.1) is 0 Å². The normalized spacial score (nSPS) is 22.9. The van der Waals surface area contributed by atoms with Gasteiger partial charge < -0.3 is 24.3 Å². The van der Waals surface area contributed by atoms with Crippen molar-refractivity contribution in [2.75, 3.05) is 11.7 Å². The monoisotopic (exact) mass is 446 g/mol. The minimum absolute atomic E-state index is 0.0115. The molecule has 2 aliphatic heterocycles. The Labute approximate surface area is 193 Å². The maximum atomic E-state index is 5.84. The van der Waals surface area contributed by atoms with Crippen LogP contribution in [-0.2, 0) is 0 Å². The Hall–Kier alpha value is -3.06. The summed E-state index contributed by atoms with van der Waals surface area (Å²) in [6, 6.07) is 14.8. The van der Waals surface area contributed by atoms with Crippen molar-refractivity contribution in [3.63, 3.8) is 0 Å². The van der Waals surface area contributed by atoms with Crippen molar-refractivity contribution in [3.05, 3.63) is 72.3 Å². The van der Waals surface area contributed by atoms with Gasteiger partial charge in [0.15, 0.2) is 16.6 Å². The van der Waals surface area contributed by atoms with E-state index < -0.39 is 0 Å². The van der Waals surface area contributed by atoms with Gasteiger partial charge in [-0.25, -0.2) is 0 Å². The highest BCUT2D eigenvalue weighted by atomic mass is 32.1. The quantitative estimate of drug-likeness (QED) is 0.550. The SMILES string of the molecule is S=C1N[C@H](c2ccccn2)[C@@H](c2ccn(C3CCCCC3)c2)N1c1ccc2c(c1)OCO2. The summed E-state index contributed by atoms with van der Waals surface area (Å²) in [7, 11) is 0. The molecular formula is C25H26N4O2S. The fraction of sp³-hybridized carbons (Fsp3) is 0.360. The van der Waals surface area contributed by atoms with Crippen molar-refractivity contribution >= 4 is 23.0 Å². The maximum Gasteiger partial charge on any atom is 0.231 e. The second-order valence-electron chi connectivity index (χ2n) is 8.72. The first-order valence-electron chi connectivity index (χ1n) is 11.4. The number of nitrogens with zero attached hydrogens (tertiary/aromatic N) is 3. The molecule has 2 atom stereocenters. The number of ether oxygens (including phenoxy) is 2. The first-order valence-corrected chi connectivity index (χ1v) is 11.8. The second-order valence-corrected chi connectivity index (χ2v) is 9.10. The molecule has 1 aliphatic carbocycles. The van der Waals surface area contributed by atoms with E-state index in [1.54, 1.807) is 0 Å². The standard InChI is InChI=1S/C25H26N4O2S/c32-25-27-23(20-8-4-5-12-26-20)24(17-11-13-28(15-17)18-6-2-1-3-7-18)29(25)19-9-10-21-22(14-19)31-16-30-21/h4-5,8-15,18,23-24H,1-3,6-7,16H2,(H,27,32)/t23-,24-/m1/s1. The van der Waals surface area contributed by atoms with Gasteiger partial charge in [0.2, 0.25) is 6.79 Å². The fourth-order valence-electron chi connectivity index (χ4n) is 5.22. The van der Waals surface area contributed by atoms with Crippen LogP contribution in [-0.4, -0.2) is 21.5 Å². The van der Waals surface area contributed by atoms with Gasteiger partial charge in [0, 0.05) is 36.4 Å². The third kappa shape index (κ3) is 3.41. The lowest BCUT2D eigenvalue weighted by molar-refractivity contribution is 0.174. The molecule has 32 heavy (non-hydrogen) atoms. The smallest absolute Gasteiger partial charge is 0.231 e. The summed E-state index contributed by atoms with van der Waals surface area (Å²) < 4.78 is 13.6. The molecule has 3 aromatic rings. The van der Waals surface area contributed by atoms with Gasteiger partial charge in [-0.1, -0.05) is 25.3 Å². The summed E-state index contributed by atoms with van der Waals surface area (Å²) in [4.78, 5) is 6.84. The van der Waals surface area contributed by atoms with Crippen molar-refractivity contribution in [1.29, 1.82) is 0 Å². The van der Waals surface area contributed by atoms with Crippen molar-refractivity contribution < 1.29 is 9.47 Å². The highest BCUT2D eigenvalue weighted by molar-refractivity contribution is 7.80. The predicted octanol–water partition coefficient (Wildman–Crippen LogP) is 5.29. The van der Waals surface area contributed by atoms with Crippen LogP contribution in [0.3, 0.4) is 0 Å². The van der Waals surface area contributed by atoms with E-state index in [1.165, 1.54) is 37.7 Å². The van der Waals surface area contributed by atoms with Crippen LogP contribution >= 0.6 is 12.2 Å². The average molecular weight is 447 g/mol. The largest absolute Gasteiger partial charge is 0.454 e. The molecular weight excluding hydrogens is 420 g/mol. The molecule has 7 heteroatoms. The van der Waals surface area contributed by atoms with E-state index >= 15 is 0 Å². The molecule has 1 saturated carbocycles. The van der Waals surface area contributed by atoms with Crippen LogP contribution in [0.2, 0.25) is 0 Å². The van der Waals surface area contributed by atoms with Crippen LogP contribution in [0.5, 0.6) is 11.5 Å². The fourth-order valence-corrected chi connectivity index (χ4v) is 5.56. The Morgan fingerprint density at radius 1 is 1.00 bits per heavy atom. The van der Waals surface area contributed by atoms with E-state index in [-0.39, 0.29) is 18.9 Å². The molecule has 6 nitrogen and oxygen atoms in total. The molecule has 4 heterocycles. The number of hydrogen-bond donors (Lipinski definition) is 1. The second kappa shape index (κ2) is 8.13. The number of nitrogens with one attached hydrogen (secondary N) is 1. The Morgan fingerprint density at radius 2 is 1.88 bits per heavy atom. The third-order valence-corrected chi connectivity index (χ3v) is 7.12. The molecule has 2 aromatic heterocycles. The average Bonchev–Trinajstić information content (AvgIpc) is 3.58. The molecule has 0 bridgehead atoms. The van der Waals surface area contributed by atoms with Gasteiger partial charge in [-0.2, -0.15) is 0 Å². The van der Waals surface area contributed by atoms with Crippen LogP contribution in [0.1, 0.15) is 61.5 Å². The summed E-state index contributed by atoms with van der Waals surface area (Å²) in [5.41, 5.74) is 3.20. The molecule has 0 unspecified atom stereocenters. The van der Waals surface area contributed by atoms with Gasteiger partial charge in [0.1, 0.15) is 0 Å². The lowest BCUT2D eigenvalue weighted by Crippen LogP contribution is -2.29. The lowest BCUT2D eigenvalue weighted by atomic mass is 9.95. The summed E-state index contributed by atoms with van der Waals surface area (Å²) in [5, 5.41) is 4.23. The summed E-state index contributed by atoms with van der Waals surface area (Å²) in [6.07, 6.45) is 12.9. The Kier molecular flexibility index (Phi) is 4.98. The molecule has 0 radical (unpaired) electrons. The summed E-state index contributed by atoms with van der Waals surface area (Å²) in [6.45, 7) is 0.256. The minimum Gasteiger partial charge on any atom is -0.454 e. The zero-order valence-corrected chi connectivity index (χ0v) is 18.6. The number of hydrogen-bond acceptors (Lipinski definition) is 4. The van der Waals surface area contributed by atoms with Gasteiger partial charge in [0.05, 0.1) is 17.8 Å². The number of benzene rings is 1. The van der Waals surface area contributed by atoms with Crippen molar-refractivity contribution in [3.8, 4) is 11.5 Å². The van der Waals surface area contributed by atoms with Gasteiger partial charge in [-0.3, -0.25) is 4.98 Å². The number of rotatable bonds is 4. The molecule has 6 rings (SSSR count).